The summed E-state index contributed by atoms with van der Waals surface area (Å²) in [5.41, 5.74) is 1.40. The average molecular weight is 313 g/mol. The summed E-state index contributed by atoms with van der Waals surface area (Å²) in [5, 5.41) is 3.27. The van der Waals surface area contributed by atoms with Gasteiger partial charge in [0.2, 0.25) is 0 Å². The van der Waals surface area contributed by atoms with E-state index >= 15 is 0 Å². The Balaban J connectivity index is 2.34. The van der Waals surface area contributed by atoms with Crippen molar-refractivity contribution in [2.24, 2.45) is 5.92 Å². The topological polar surface area (TPSA) is 15.3 Å². The zero-order chi connectivity index (χ0) is 13.4. The first-order valence-electron chi connectivity index (χ1n) is 6.73. The Labute approximate surface area is 120 Å². The van der Waals surface area contributed by atoms with Crippen LogP contribution in [0.1, 0.15) is 18.9 Å². The molecule has 0 aliphatic rings. The van der Waals surface area contributed by atoms with Gasteiger partial charge < -0.3 is 10.2 Å². The lowest BCUT2D eigenvalue weighted by Crippen LogP contribution is -2.32. The molecule has 1 aromatic rings. The third-order valence-electron chi connectivity index (χ3n) is 3.31. The van der Waals surface area contributed by atoms with Crippen molar-refractivity contribution < 1.29 is 0 Å². The van der Waals surface area contributed by atoms with E-state index in [0.29, 0.717) is 0 Å². The summed E-state index contributed by atoms with van der Waals surface area (Å²) >= 11 is 3.52. The van der Waals surface area contributed by atoms with Crippen molar-refractivity contribution in [3.63, 3.8) is 0 Å². The first-order chi connectivity index (χ1) is 8.65. The molecule has 0 aliphatic heterocycles. The van der Waals surface area contributed by atoms with Gasteiger partial charge in [-0.25, -0.2) is 0 Å². The molecule has 0 bridgehead atoms. The molecule has 1 unspecified atom stereocenters. The Bertz CT molecular complexity index is 341. The molecule has 0 amide bonds. The molecule has 1 aromatic carbocycles. The average Bonchev–Trinajstić information content (AvgIpc) is 2.36. The Morgan fingerprint density at radius 2 is 2.17 bits per heavy atom. The summed E-state index contributed by atoms with van der Waals surface area (Å²) in [5.74, 6) is 0.752. The zero-order valence-electron chi connectivity index (χ0n) is 11.7. The van der Waals surface area contributed by atoms with Gasteiger partial charge in [0, 0.05) is 17.6 Å². The van der Waals surface area contributed by atoms with Crippen molar-refractivity contribution in [2.75, 3.05) is 33.7 Å². The van der Waals surface area contributed by atoms with Gasteiger partial charge in [-0.1, -0.05) is 41.4 Å². The Hall–Kier alpha value is -0.380. The third-order valence-corrected chi connectivity index (χ3v) is 3.80. The molecule has 3 heteroatoms. The molecule has 18 heavy (non-hydrogen) atoms. The maximum atomic E-state index is 3.52. The summed E-state index contributed by atoms with van der Waals surface area (Å²) in [6.07, 6.45) is 2.36. The van der Waals surface area contributed by atoms with E-state index in [2.05, 4.69) is 64.4 Å². The Kier molecular flexibility index (Phi) is 7.56. The maximum absolute atomic E-state index is 3.52. The summed E-state index contributed by atoms with van der Waals surface area (Å²) in [6.45, 7) is 5.67. The van der Waals surface area contributed by atoms with E-state index in [4.69, 9.17) is 0 Å². The van der Waals surface area contributed by atoms with Gasteiger partial charge in [-0.3, -0.25) is 0 Å². The highest BCUT2D eigenvalue weighted by Gasteiger charge is 2.08. The second-order valence-corrected chi connectivity index (χ2v) is 5.89. The molecule has 0 fully saturated rings. The van der Waals surface area contributed by atoms with Gasteiger partial charge in [0.05, 0.1) is 0 Å². The SMILES string of the molecule is CCC(CNC)CN(C)CCc1cccc(Br)c1. The van der Waals surface area contributed by atoms with Gasteiger partial charge >= 0.3 is 0 Å². The van der Waals surface area contributed by atoms with Crippen LogP contribution < -0.4 is 5.32 Å². The van der Waals surface area contributed by atoms with E-state index in [1.54, 1.807) is 0 Å². The van der Waals surface area contributed by atoms with Crippen LogP contribution in [0.5, 0.6) is 0 Å². The van der Waals surface area contributed by atoms with E-state index in [-0.39, 0.29) is 0 Å². The van der Waals surface area contributed by atoms with E-state index in [1.165, 1.54) is 23.0 Å². The highest BCUT2D eigenvalue weighted by atomic mass is 79.9. The number of hydrogen-bond donors (Lipinski definition) is 1. The maximum Gasteiger partial charge on any atom is 0.0178 e. The van der Waals surface area contributed by atoms with Crippen molar-refractivity contribution in [1.82, 2.24) is 10.2 Å². The number of nitrogens with one attached hydrogen (secondary N) is 1. The van der Waals surface area contributed by atoms with Crippen LogP contribution in [0.25, 0.3) is 0 Å². The summed E-state index contributed by atoms with van der Waals surface area (Å²) < 4.78 is 1.17. The first kappa shape index (κ1) is 15.7. The van der Waals surface area contributed by atoms with Gasteiger partial charge in [0.15, 0.2) is 0 Å². The molecule has 1 N–H and O–H groups in total. The summed E-state index contributed by atoms with van der Waals surface area (Å²) in [7, 11) is 4.25. The minimum atomic E-state index is 0.752. The van der Waals surface area contributed by atoms with Crippen LogP contribution in [0, 0.1) is 5.92 Å². The van der Waals surface area contributed by atoms with Crippen LogP contribution >= 0.6 is 15.9 Å². The molecule has 2 nitrogen and oxygen atoms in total. The molecular weight excluding hydrogens is 288 g/mol. The molecule has 0 heterocycles. The number of rotatable bonds is 8. The number of benzene rings is 1. The van der Waals surface area contributed by atoms with Crippen LogP contribution in [0.4, 0.5) is 0 Å². The molecular formula is C15H25BrN2. The first-order valence-corrected chi connectivity index (χ1v) is 7.52. The summed E-state index contributed by atoms with van der Waals surface area (Å²) in [4.78, 5) is 2.44. The fourth-order valence-corrected chi connectivity index (χ4v) is 2.62. The monoisotopic (exact) mass is 312 g/mol. The van der Waals surface area contributed by atoms with Gasteiger partial charge in [-0.05, 0) is 50.7 Å². The second kappa shape index (κ2) is 8.68. The molecule has 0 saturated heterocycles. The van der Waals surface area contributed by atoms with Crippen LogP contribution in [0.15, 0.2) is 28.7 Å². The molecule has 0 saturated carbocycles. The van der Waals surface area contributed by atoms with Gasteiger partial charge in [-0.15, -0.1) is 0 Å². The lowest BCUT2D eigenvalue weighted by molar-refractivity contribution is 0.271. The largest absolute Gasteiger partial charge is 0.319 e. The van der Waals surface area contributed by atoms with Crippen LogP contribution in [0.3, 0.4) is 0 Å². The smallest absolute Gasteiger partial charge is 0.0178 e. The van der Waals surface area contributed by atoms with Crippen molar-refractivity contribution in [3.05, 3.63) is 34.3 Å². The number of nitrogens with zero attached hydrogens (tertiary/aromatic N) is 1. The zero-order valence-corrected chi connectivity index (χ0v) is 13.3. The quantitative estimate of drug-likeness (QED) is 0.793. The van der Waals surface area contributed by atoms with Crippen molar-refractivity contribution in [2.45, 2.75) is 19.8 Å². The minimum Gasteiger partial charge on any atom is -0.319 e. The minimum absolute atomic E-state index is 0.752. The van der Waals surface area contributed by atoms with E-state index in [9.17, 15) is 0 Å². The van der Waals surface area contributed by atoms with Crippen molar-refractivity contribution in [1.29, 1.82) is 0 Å². The lowest BCUT2D eigenvalue weighted by Gasteiger charge is -2.23. The fraction of sp³-hybridized carbons (Fsp3) is 0.600. The molecule has 1 rings (SSSR count). The molecule has 0 aromatic heterocycles. The van der Waals surface area contributed by atoms with Gasteiger partial charge in [0.25, 0.3) is 0 Å². The summed E-state index contributed by atoms with van der Waals surface area (Å²) in [6, 6.07) is 8.59. The predicted octanol–water partition coefficient (Wildman–Crippen LogP) is 3.17. The number of halogens is 1. The Morgan fingerprint density at radius 3 is 2.78 bits per heavy atom. The predicted molar refractivity (Wildman–Crippen MR) is 83.1 cm³/mol. The van der Waals surface area contributed by atoms with Crippen molar-refractivity contribution >= 4 is 15.9 Å². The van der Waals surface area contributed by atoms with Crippen LogP contribution in [0.2, 0.25) is 0 Å². The standard InChI is InChI=1S/C15H25BrN2/c1-4-13(11-17-2)12-18(3)9-8-14-6-5-7-15(16)10-14/h5-7,10,13,17H,4,8-9,11-12H2,1-3H3. The normalized spacial score (nSPS) is 12.9. The van der Waals surface area contributed by atoms with Crippen LogP contribution in [-0.2, 0) is 6.42 Å². The number of likely N-dealkylation sites (N-methyl/N-ethyl adjacent to an activating group) is 1. The van der Waals surface area contributed by atoms with E-state index < -0.39 is 0 Å². The molecule has 0 aliphatic carbocycles. The highest BCUT2D eigenvalue weighted by Crippen LogP contribution is 2.12. The van der Waals surface area contributed by atoms with E-state index in [1.807, 2.05) is 7.05 Å². The number of hydrogen-bond acceptors (Lipinski definition) is 2. The highest BCUT2D eigenvalue weighted by molar-refractivity contribution is 9.10. The van der Waals surface area contributed by atoms with Crippen molar-refractivity contribution in [3.8, 4) is 0 Å². The molecule has 0 spiro atoms. The molecule has 0 radical (unpaired) electrons. The second-order valence-electron chi connectivity index (χ2n) is 4.97. The molecule has 102 valence electrons. The van der Waals surface area contributed by atoms with Crippen LogP contribution in [-0.4, -0.2) is 38.6 Å². The van der Waals surface area contributed by atoms with E-state index in [0.717, 1.165) is 25.4 Å². The fourth-order valence-electron chi connectivity index (χ4n) is 2.17. The van der Waals surface area contributed by atoms with Gasteiger partial charge in [-0.2, -0.15) is 0 Å². The Morgan fingerprint density at radius 1 is 1.39 bits per heavy atom. The third kappa shape index (κ3) is 5.98. The van der Waals surface area contributed by atoms with Gasteiger partial charge in [0.1, 0.15) is 0 Å². The molecule has 1 atom stereocenters. The lowest BCUT2D eigenvalue weighted by atomic mass is 10.1.